The number of aliphatic hydroxyl groups excluding tert-OH is 1. The maximum Gasteiger partial charge on any atom is 0.328 e. The molecule has 2 N–H and O–H groups in total. The number of piperazine rings is 1. The highest BCUT2D eigenvalue weighted by Crippen LogP contribution is 2.20. The van der Waals surface area contributed by atoms with Crippen LogP contribution in [0.2, 0.25) is 0 Å². The van der Waals surface area contributed by atoms with E-state index < -0.39 is 5.97 Å². The van der Waals surface area contributed by atoms with Crippen LogP contribution in [0.3, 0.4) is 0 Å². The molecule has 0 aliphatic carbocycles. The number of aliphatic carboxylic acids is 1. The molecule has 1 aliphatic heterocycles. The normalized spacial score (nSPS) is 16.5. The monoisotopic (exact) mass is 310 g/mol. The molecule has 0 aromatic carbocycles. The van der Waals surface area contributed by atoms with E-state index >= 15 is 0 Å². The van der Waals surface area contributed by atoms with Gasteiger partial charge in [-0.1, -0.05) is 0 Å². The minimum Gasteiger partial charge on any atom is -0.478 e. The molecule has 1 aromatic heterocycles. The van der Waals surface area contributed by atoms with Crippen LogP contribution in [0.5, 0.6) is 0 Å². The highest BCUT2D eigenvalue weighted by Gasteiger charge is 2.22. The van der Waals surface area contributed by atoms with Crippen molar-refractivity contribution in [3.63, 3.8) is 0 Å². The summed E-state index contributed by atoms with van der Waals surface area (Å²) in [5.41, 5.74) is 0. The number of hydrogen-bond donors (Lipinski definition) is 2. The molecule has 0 spiro atoms. The first-order chi connectivity index (χ1) is 10.1. The van der Waals surface area contributed by atoms with E-state index in [1.165, 1.54) is 17.4 Å². The number of aliphatic hydroxyl groups is 1. The van der Waals surface area contributed by atoms with E-state index in [0.717, 1.165) is 24.0 Å². The van der Waals surface area contributed by atoms with Crippen LogP contribution in [0.1, 0.15) is 14.5 Å². The quantitative estimate of drug-likeness (QED) is 0.778. The fourth-order valence-corrected chi connectivity index (χ4v) is 3.06. The summed E-state index contributed by atoms with van der Waals surface area (Å²) in [4.78, 5) is 28.1. The maximum absolute atomic E-state index is 12.3. The summed E-state index contributed by atoms with van der Waals surface area (Å²) in [6, 6.07) is 3.48. The summed E-state index contributed by atoms with van der Waals surface area (Å²) in [5, 5.41) is 17.5. The van der Waals surface area contributed by atoms with Crippen molar-refractivity contribution in [2.75, 3.05) is 39.3 Å². The average molecular weight is 310 g/mol. The molecule has 1 fully saturated rings. The Bertz CT molecular complexity index is 533. The van der Waals surface area contributed by atoms with E-state index in [9.17, 15) is 9.59 Å². The number of carboxylic acids is 1. The van der Waals surface area contributed by atoms with Crippen LogP contribution in [-0.2, 0) is 4.79 Å². The zero-order valence-corrected chi connectivity index (χ0v) is 12.4. The number of β-amino-alcohol motifs (C(OH)–C–C–N with tert-alkyl or cyclic N) is 1. The molecule has 21 heavy (non-hydrogen) atoms. The second kappa shape index (κ2) is 7.35. The maximum atomic E-state index is 12.3. The van der Waals surface area contributed by atoms with Gasteiger partial charge < -0.3 is 15.1 Å². The fourth-order valence-electron chi connectivity index (χ4n) is 2.18. The van der Waals surface area contributed by atoms with Gasteiger partial charge in [0.05, 0.1) is 11.5 Å². The van der Waals surface area contributed by atoms with Gasteiger partial charge in [-0.15, -0.1) is 11.3 Å². The molecule has 1 saturated heterocycles. The SMILES string of the molecule is O=C(O)C=Cc1ccc(C(=O)N2CCN(CCO)CC2)s1. The summed E-state index contributed by atoms with van der Waals surface area (Å²) in [5.74, 6) is -1.02. The van der Waals surface area contributed by atoms with Crippen molar-refractivity contribution >= 4 is 29.3 Å². The second-order valence-corrected chi connectivity index (χ2v) is 5.85. The Morgan fingerprint density at radius 1 is 1.24 bits per heavy atom. The number of nitrogens with zero attached hydrogens (tertiary/aromatic N) is 2. The van der Waals surface area contributed by atoms with Crippen molar-refractivity contribution in [3.8, 4) is 0 Å². The van der Waals surface area contributed by atoms with Crippen LogP contribution in [0.15, 0.2) is 18.2 Å². The molecule has 7 heteroatoms. The predicted molar refractivity (Wildman–Crippen MR) is 80.4 cm³/mol. The molecule has 6 nitrogen and oxygen atoms in total. The number of thiophene rings is 1. The molecule has 0 radical (unpaired) electrons. The van der Waals surface area contributed by atoms with E-state index in [4.69, 9.17) is 10.2 Å². The van der Waals surface area contributed by atoms with Gasteiger partial charge in [0, 0.05) is 43.7 Å². The molecule has 114 valence electrons. The van der Waals surface area contributed by atoms with Gasteiger partial charge >= 0.3 is 5.97 Å². The number of rotatable bonds is 5. The van der Waals surface area contributed by atoms with Gasteiger partial charge in [0.1, 0.15) is 0 Å². The second-order valence-electron chi connectivity index (χ2n) is 4.73. The fraction of sp³-hybridized carbons (Fsp3) is 0.429. The molecule has 2 heterocycles. The highest BCUT2D eigenvalue weighted by atomic mass is 32.1. The van der Waals surface area contributed by atoms with E-state index in [-0.39, 0.29) is 12.5 Å². The van der Waals surface area contributed by atoms with Crippen LogP contribution in [-0.4, -0.2) is 71.2 Å². The van der Waals surface area contributed by atoms with Crippen molar-refractivity contribution < 1.29 is 19.8 Å². The molecule has 0 unspecified atom stereocenters. The third-order valence-electron chi connectivity index (χ3n) is 3.30. The first-order valence-corrected chi connectivity index (χ1v) is 7.55. The molecular formula is C14H18N2O4S. The molecule has 2 rings (SSSR count). The largest absolute Gasteiger partial charge is 0.478 e. The zero-order valence-electron chi connectivity index (χ0n) is 11.6. The van der Waals surface area contributed by atoms with Crippen molar-refractivity contribution in [1.82, 2.24) is 9.80 Å². The Balaban J connectivity index is 1.93. The molecule has 0 saturated carbocycles. The Morgan fingerprint density at radius 2 is 1.95 bits per heavy atom. The lowest BCUT2D eigenvalue weighted by molar-refractivity contribution is -0.131. The lowest BCUT2D eigenvalue weighted by Gasteiger charge is -2.34. The number of hydrogen-bond acceptors (Lipinski definition) is 5. The van der Waals surface area contributed by atoms with Crippen LogP contribution in [0.4, 0.5) is 0 Å². The van der Waals surface area contributed by atoms with Crippen LogP contribution < -0.4 is 0 Å². The van der Waals surface area contributed by atoms with Gasteiger partial charge in [-0.3, -0.25) is 9.69 Å². The van der Waals surface area contributed by atoms with Gasteiger partial charge in [-0.05, 0) is 18.2 Å². The minimum absolute atomic E-state index is 0.0152. The topological polar surface area (TPSA) is 81.1 Å². The third kappa shape index (κ3) is 4.38. The van der Waals surface area contributed by atoms with E-state index in [1.807, 2.05) is 0 Å². The van der Waals surface area contributed by atoms with Crippen molar-refractivity contribution in [1.29, 1.82) is 0 Å². The number of carbonyl (C=O) groups excluding carboxylic acids is 1. The highest BCUT2D eigenvalue weighted by molar-refractivity contribution is 7.14. The van der Waals surface area contributed by atoms with Gasteiger partial charge in [0.2, 0.25) is 0 Å². The first-order valence-electron chi connectivity index (χ1n) is 6.73. The molecular weight excluding hydrogens is 292 g/mol. The van der Waals surface area contributed by atoms with E-state index in [1.54, 1.807) is 17.0 Å². The van der Waals surface area contributed by atoms with Crippen LogP contribution in [0, 0.1) is 0 Å². The molecule has 1 aromatic rings. The molecule has 0 atom stereocenters. The van der Waals surface area contributed by atoms with Crippen molar-refractivity contribution in [3.05, 3.63) is 28.0 Å². The molecule has 1 amide bonds. The van der Waals surface area contributed by atoms with Gasteiger partial charge in [0.15, 0.2) is 0 Å². The van der Waals surface area contributed by atoms with Crippen molar-refractivity contribution in [2.45, 2.75) is 0 Å². The summed E-state index contributed by atoms with van der Waals surface area (Å²) >= 11 is 1.29. The van der Waals surface area contributed by atoms with Gasteiger partial charge in [0.25, 0.3) is 5.91 Å². The summed E-state index contributed by atoms with van der Waals surface area (Å²) in [6.07, 6.45) is 2.55. The van der Waals surface area contributed by atoms with Crippen LogP contribution in [0.25, 0.3) is 6.08 Å². The van der Waals surface area contributed by atoms with Gasteiger partial charge in [-0.25, -0.2) is 4.79 Å². The number of carboxylic acid groups (broad SMARTS) is 1. The summed E-state index contributed by atoms with van der Waals surface area (Å²) in [6.45, 7) is 3.62. The van der Waals surface area contributed by atoms with Crippen LogP contribution >= 0.6 is 11.3 Å². The number of carbonyl (C=O) groups is 2. The smallest absolute Gasteiger partial charge is 0.328 e. The Kier molecular flexibility index (Phi) is 5.49. The Labute approximate surface area is 126 Å². The lowest BCUT2D eigenvalue weighted by atomic mass is 10.3. The molecule has 1 aliphatic rings. The standard InChI is InChI=1S/C14H18N2O4S/c17-10-9-15-5-7-16(8-6-15)14(20)12-3-1-11(21-12)2-4-13(18)19/h1-4,17H,5-10H2,(H,18,19). The Morgan fingerprint density at radius 3 is 2.57 bits per heavy atom. The summed E-state index contributed by atoms with van der Waals surface area (Å²) < 4.78 is 0. The first kappa shape index (κ1) is 15.7. The van der Waals surface area contributed by atoms with Gasteiger partial charge in [-0.2, -0.15) is 0 Å². The average Bonchev–Trinajstić information content (AvgIpc) is 2.94. The van der Waals surface area contributed by atoms with Crippen molar-refractivity contribution in [2.24, 2.45) is 0 Å². The number of amides is 1. The van der Waals surface area contributed by atoms with E-state index in [2.05, 4.69) is 4.90 Å². The third-order valence-corrected chi connectivity index (χ3v) is 4.34. The lowest BCUT2D eigenvalue weighted by Crippen LogP contribution is -2.49. The summed E-state index contributed by atoms with van der Waals surface area (Å²) in [7, 11) is 0. The minimum atomic E-state index is -1.00. The molecule has 0 bridgehead atoms. The Hall–Kier alpha value is -1.70. The predicted octanol–water partition coefficient (Wildman–Crippen LogP) is 0.596. The van der Waals surface area contributed by atoms with E-state index in [0.29, 0.717) is 24.5 Å². The zero-order chi connectivity index (χ0) is 15.2.